The Morgan fingerprint density at radius 2 is 2.04 bits per heavy atom. The molecule has 2 amide bonds. The van der Waals surface area contributed by atoms with Gasteiger partial charge in [0.25, 0.3) is 0 Å². The monoisotopic (exact) mass is 338 g/mol. The Kier molecular flexibility index (Phi) is 4.28. The summed E-state index contributed by atoms with van der Waals surface area (Å²) in [5.74, 6) is -0.717. The molecule has 2 heterocycles. The third-order valence-electron chi connectivity index (χ3n) is 4.28. The Morgan fingerprint density at radius 3 is 2.64 bits per heavy atom. The van der Waals surface area contributed by atoms with E-state index in [1.165, 1.54) is 23.3 Å². The van der Waals surface area contributed by atoms with Gasteiger partial charge in [-0.15, -0.1) is 0 Å². The van der Waals surface area contributed by atoms with Gasteiger partial charge in [0.2, 0.25) is 17.7 Å². The van der Waals surface area contributed by atoms with Gasteiger partial charge >= 0.3 is 0 Å². The summed E-state index contributed by atoms with van der Waals surface area (Å²) in [6.45, 7) is 3.21. The third kappa shape index (κ3) is 3.24. The van der Waals surface area contributed by atoms with Crippen LogP contribution in [0, 0.1) is 11.3 Å². The summed E-state index contributed by atoms with van der Waals surface area (Å²) in [6.07, 6.45) is 1.97. The molecule has 1 fully saturated rings. The highest BCUT2D eigenvalue weighted by atomic mass is 16.2. The minimum Gasteiger partial charge on any atom is -0.344 e. The largest absolute Gasteiger partial charge is 0.344 e. The minimum absolute atomic E-state index is 0.125. The number of para-hydroxylation sites is 1. The van der Waals surface area contributed by atoms with E-state index in [2.05, 4.69) is 5.32 Å². The van der Waals surface area contributed by atoms with E-state index in [0.717, 1.165) is 16.5 Å². The van der Waals surface area contributed by atoms with Crippen LogP contribution in [0.3, 0.4) is 0 Å². The van der Waals surface area contributed by atoms with Crippen molar-refractivity contribution in [3.63, 3.8) is 0 Å². The van der Waals surface area contributed by atoms with Crippen LogP contribution in [0.25, 0.3) is 10.9 Å². The molecule has 1 saturated heterocycles. The third-order valence-corrected chi connectivity index (χ3v) is 4.28. The summed E-state index contributed by atoms with van der Waals surface area (Å²) < 4.78 is 1.54. The highest BCUT2D eigenvalue weighted by Crippen LogP contribution is 2.24. The lowest BCUT2D eigenvalue weighted by molar-refractivity contribution is -0.131. The average Bonchev–Trinajstić information content (AvgIpc) is 3.28. The van der Waals surface area contributed by atoms with Crippen LogP contribution >= 0.6 is 0 Å². The molecular weight excluding hydrogens is 320 g/mol. The molecule has 1 aromatic carbocycles. The highest BCUT2D eigenvalue weighted by molar-refractivity contribution is 5.95. The molecule has 0 spiro atoms. The van der Waals surface area contributed by atoms with Gasteiger partial charge in [0.15, 0.2) is 0 Å². The van der Waals surface area contributed by atoms with Crippen molar-refractivity contribution in [2.45, 2.75) is 32.4 Å². The standard InChI is InChI=1S/C18H18N4O3/c1-11(23)20-16(18(25)22-10-14(22)8-19)7-13-9-21(12(2)24)17-6-4-3-5-15(13)17/h3-6,9,14,16H,7,10H2,1-2H3,(H,20,23)/t14?,16-,22?/m0/s1. The second-order valence-electron chi connectivity index (χ2n) is 6.15. The Balaban J connectivity index is 1.93. The Labute approximate surface area is 144 Å². The first kappa shape index (κ1) is 16.7. The summed E-state index contributed by atoms with van der Waals surface area (Å²) in [4.78, 5) is 37.4. The first-order valence-corrected chi connectivity index (χ1v) is 7.99. The molecular formula is C18H18N4O3. The Bertz CT molecular complexity index is 909. The van der Waals surface area contributed by atoms with Crippen molar-refractivity contribution in [1.29, 1.82) is 5.26 Å². The van der Waals surface area contributed by atoms with Crippen LogP contribution in [0.15, 0.2) is 30.5 Å². The molecule has 7 heteroatoms. The second-order valence-corrected chi connectivity index (χ2v) is 6.15. The van der Waals surface area contributed by atoms with Crippen molar-refractivity contribution in [3.8, 4) is 6.07 Å². The Morgan fingerprint density at radius 1 is 1.32 bits per heavy atom. The van der Waals surface area contributed by atoms with Gasteiger partial charge in [-0.2, -0.15) is 5.26 Å². The van der Waals surface area contributed by atoms with E-state index in [9.17, 15) is 14.4 Å². The topological polar surface area (TPSA) is 95.0 Å². The molecule has 1 aromatic heterocycles. The number of rotatable bonds is 4. The maximum absolute atomic E-state index is 12.6. The summed E-state index contributed by atoms with van der Waals surface area (Å²) in [6, 6.07) is 8.29. The van der Waals surface area contributed by atoms with E-state index in [-0.39, 0.29) is 24.1 Å². The van der Waals surface area contributed by atoms with Gasteiger partial charge in [-0.05, 0) is 11.6 Å². The number of aromatic nitrogens is 1. The van der Waals surface area contributed by atoms with E-state index < -0.39 is 12.1 Å². The van der Waals surface area contributed by atoms with Gasteiger partial charge < -0.3 is 10.2 Å². The number of amides is 2. The van der Waals surface area contributed by atoms with Crippen LogP contribution in [-0.2, 0) is 16.0 Å². The summed E-state index contributed by atoms with van der Waals surface area (Å²) in [7, 11) is 0. The molecule has 0 bridgehead atoms. The summed E-state index contributed by atoms with van der Waals surface area (Å²) in [5, 5.41) is 12.4. The van der Waals surface area contributed by atoms with Gasteiger partial charge in [-0.3, -0.25) is 19.0 Å². The molecule has 128 valence electrons. The molecule has 2 atom stereocenters. The number of carbonyl (C=O) groups excluding carboxylic acids is 3. The summed E-state index contributed by atoms with van der Waals surface area (Å²) in [5.41, 5.74) is 1.56. The molecule has 1 aliphatic rings. The van der Waals surface area contributed by atoms with E-state index in [0.29, 0.717) is 6.54 Å². The van der Waals surface area contributed by atoms with Crippen LogP contribution < -0.4 is 5.32 Å². The molecule has 1 N–H and O–H groups in total. The molecule has 2 aromatic rings. The molecule has 3 rings (SSSR count). The number of hydrogen-bond acceptors (Lipinski definition) is 4. The number of carbonyl (C=O) groups is 3. The van der Waals surface area contributed by atoms with Gasteiger partial charge in [-0.25, -0.2) is 0 Å². The molecule has 0 saturated carbocycles. The number of nitrogens with one attached hydrogen (secondary N) is 1. The molecule has 7 nitrogen and oxygen atoms in total. The number of hydrogen-bond donors (Lipinski definition) is 1. The van der Waals surface area contributed by atoms with Crippen molar-refractivity contribution >= 4 is 28.6 Å². The van der Waals surface area contributed by atoms with Crippen LogP contribution in [-0.4, -0.2) is 45.8 Å². The lowest BCUT2D eigenvalue weighted by atomic mass is 10.0. The number of fused-ring (bicyclic) bond motifs is 1. The normalized spacial score (nSPS) is 17.0. The highest BCUT2D eigenvalue weighted by Gasteiger charge is 2.42. The van der Waals surface area contributed by atoms with Crippen LogP contribution in [0.1, 0.15) is 24.2 Å². The quantitative estimate of drug-likeness (QED) is 0.844. The molecule has 0 radical (unpaired) electrons. The van der Waals surface area contributed by atoms with Crippen molar-refractivity contribution < 1.29 is 14.4 Å². The van der Waals surface area contributed by atoms with E-state index in [1.54, 1.807) is 6.20 Å². The van der Waals surface area contributed by atoms with Gasteiger partial charge in [0.05, 0.1) is 18.1 Å². The lowest BCUT2D eigenvalue weighted by Gasteiger charge is -2.17. The second kappa shape index (κ2) is 6.40. The van der Waals surface area contributed by atoms with Crippen LogP contribution in [0.5, 0.6) is 0 Å². The first-order chi connectivity index (χ1) is 11.9. The number of benzene rings is 1. The molecule has 25 heavy (non-hydrogen) atoms. The lowest BCUT2D eigenvalue weighted by Crippen LogP contribution is -2.44. The molecule has 1 aliphatic heterocycles. The fraction of sp³-hybridized carbons (Fsp3) is 0.333. The van der Waals surface area contributed by atoms with Crippen LogP contribution in [0.4, 0.5) is 0 Å². The Hall–Kier alpha value is -3.14. The first-order valence-electron chi connectivity index (χ1n) is 7.99. The zero-order valence-corrected chi connectivity index (χ0v) is 14.0. The van der Waals surface area contributed by atoms with E-state index >= 15 is 0 Å². The molecule has 0 aliphatic carbocycles. The van der Waals surface area contributed by atoms with E-state index in [1.807, 2.05) is 30.3 Å². The number of nitrogens with zero attached hydrogens (tertiary/aromatic N) is 3. The van der Waals surface area contributed by atoms with Gasteiger partial charge in [0.1, 0.15) is 12.1 Å². The minimum atomic E-state index is -0.762. The van der Waals surface area contributed by atoms with Gasteiger partial charge in [0, 0.05) is 31.9 Å². The maximum atomic E-state index is 12.6. The predicted molar refractivity (Wildman–Crippen MR) is 90.7 cm³/mol. The van der Waals surface area contributed by atoms with Crippen molar-refractivity contribution in [2.24, 2.45) is 0 Å². The smallest absolute Gasteiger partial charge is 0.246 e. The zero-order valence-electron chi connectivity index (χ0n) is 14.0. The van der Waals surface area contributed by atoms with Crippen molar-refractivity contribution in [3.05, 3.63) is 36.0 Å². The van der Waals surface area contributed by atoms with Crippen LogP contribution in [0.2, 0.25) is 0 Å². The van der Waals surface area contributed by atoms with Gasteiger partial charge in [-0.1, -0.05) is 18.2 Å². The fourth-order valence-electron chi connectivity index (χ4n) is 3.03. The van der Waals surface area contributed by atoms with Crippen molar-refractivity contribution in [1.82, 2.24) is 14.8 Å². The summed E-state index contributed by atoms with van der Waals surface area (Å²) >= 11 is 0. The number of nitriles is 1. The fourth-order valence-corrected chi connectivity index (χ4v) is 3.03. The SMILES string of the molecule is CC(=O)N[C@@H](Cc1cn(C(C)=O)c2ccccc12)C(=O)N1CC1C#N. The molecule has 1 unspecified atom stereocenters. The van der Waals surface area contributed by atoms with Crippen molar-refractivity contribution in [2.75, 3.05) is 6.54 Å². The predicted octanol–water partition coefficient (Wildman–Crippen LogP) is 1.08. The van der Waals surface area contributed by atoms with E-state index in [4.69, 9.17) is 5.26 Å². The zero-order chi connectivity index (χ0) is 18.1. The maximum Gasteiger partial charge on any atom is 0.246 e. The average molecular weight is 338 g/mol.